The van der Waals surface area contributed by atoms with E-state index >= 15 is 0 Å². The molecule has 0 fully saturated rings. The van der Waals surface area contributed by atoms with Crippen molar-refractivity contribution in [1.82, 2.24) is 0 Å². The van der Waals surface area contributed by atoms with Gasteiger partial charge in [-0.05, 0) is 12.1 Å². The van der Waals surface area contributed by atoms with Crippen molar-refractivity contribution in [3.63, 3.8) is 0 Å². The van der Waals surface area contributed by atoms with Gasteiger partial charge in [0.15, 0.2) is 0 Å². The molecule has 0 radical (unpaired) electrons. The fourth-order valence-electron chi connectivity index (χ4n) is 0.665. The van der Waals surface area contributed by atoms with E-state index in [1.54, 1.807) is 18.2 Å². The predicted octanol–water partition coefficient (Wildman–Crippen LogP) is -2.30. The predicted molar refractivity (Wildman–Crippen MR) is 44.3 cm³/mol. The van der Waals surface area contributed by atoms with E-state index in [2.05, 4.69) is 10.3 Å². The van der Waals surface area contributed by atoms with E-state index in [1.807, 2.05) is 0 Å². The van der Waals surface area contributed by atoms with Gasteiger partial charge in [-0.3, -0.25) is 9.36 Å². The summed E-state index contributed by atoms with van der Waals surface area (Å²) in [5.41, 5.74) is 3.10. The van der Waals surface area contributed by atoms with Crippen LogP contribution in [0.15, 0.2) is 30.3 Å². The third-order valence-corrected chi connectivity index (χ3v) is 2.23. The second-order valence-electron chi connectivity index (χ2n) is 2.24. The van der Waals surface area contributed by atoms with Crippen molar-refractivity contribution in [2.45, 2.75) is 0 Å². The van der Waals surface area contributed by atoms with Crippen molar-refractivity contribution in [3.8, 4) is 5.75 Å². The molecular weight excluding hydrogens is 216 g/mol. The van der Waals surface area contributed by atoms with Gasteiger partial charge < -0.3 is 15.2 Å². The molecule has 1 amide bonds. The Kier molecular flexibility index (Phi) is 5.41. The fraction of sp³-hybridized carbons (Fsp3) is 0. The van der Waals surface area contributed by atoms with Crippen LogP contribution in [0.1, 0.15) is 0 Å². The van der Waals surface area contributed by atoms with Gasteiger partial charge in [-0.2, -0.15) is 0 Å². The van der Waals surface area contributed by atoms with Crippen molar-refractivity contribution in [2.24, 2.45) is 5.73 Å². The first-order valence-corrected chi connectivity index (χ1v) is 4.92. The molecule has 0 aromatic heterocycles. The van der Waals surface area contributed by atoms with Crippen LogP contribution >= 0.6 is 7.60 Å². The third kappa shape index (κ3) is 3.82. The van der Waals surface area contributed by atoms with Crippen LogP contribution in [0.2, 0.25) is 0 Å². The van der Waals surface area contributed by atoms with Crippen molar-refractivity contribution < 1.29 is 48.3 Å². The summed E-state index contributed by atoms with van der Waals surface area (Å²) in [7, 11) is -4.60. The van der Waals surface area contributed by atoms with Crippen molar-refractivity contribution >= 4 is 13.2 Å². The zero-order chi connectivity index (χ0) is 9.90. The Morgan fingerprint density at radius 3 is 2.29 bits per heavy atom. The number of benzene rings is 1. The van der Waals surface area contributed by atoms with Crippen molar-refractivity contribution in [2.75, 3.05) is 0 Å². The minimum Gasteiger partial charge on any atom is -0.762 e. The van der Waals surface area contributed by atoms with E-state index in [9.17, 15) is 14.3 Å². The number of amides is 1. The summed E-state index contributed by atoms with van der Waals surface area (Å²) in [5.74, 6) is 0.0691. The number of hydrogen-bond donors (Lipinski definition) is 1. The van der Waals surface area contributed by atoms with Gasteiger partial charge >= 0.3 is 35.2 Å². The van der Waals surface area contributed by atoms with Gasteiger partial charge in [0.25, 0.3) is 7.60 Å². The zero-order valence-electron chi connectivity index (χ0n) is 7.54. The number of rotatable bonds is 3. The molecule has 0 aliphatic rings. The molecule has 1 aromatic carbocycles. The Labute approximate surface area is 103 Å². The summed E-state index contributed by atoms with van der Waals surface area (Å²) in [6.45, 7) is 0. The van der Waals surface area contributed by atoms with Gasteiger partial charge in [-0.25, -0.2) is 0 Å². The Morgan fingerprint density at radius 2 is 1.86 bits per heavy atom. The topological polar surface area (TPSA) is 92.5 Å². The number of hydrogen-bond acceptors (Lipinski definition) is 4. The van der Waals surface area contributed by atoms with Crippen molar-refractivity contribution in [3.05, 3.63) is 30.3 Å². The number of carbonyl (C=O) groups excluding carboxylic acids is 1. The van der Waals surface area contributed by atoms with E-state index in [1.165, 1.54) is 12.1 Å². The second kappa shape index (κ2) is 5.53. The molecular formula is C7H7NNaO4P. The van der Waals surface area contributed by atoms with E-state index in [4.69, 9.17) is 0 Å². The van der Waals surface area contributed by atoms with Gasteiger partial charge in [-0.15, -0.1) is 0 Å². The Hall–Kier alpha value is -0.320. The smallest absolute Gasteiger partial charge is 0.762 e. The molecule has 0 saturated carbocycles. The summed E-state index contributed by atoms with van der Waals surface area (Å²) in [4.78, 5) is 21.2. The maximum Gasteiger partial charge on any atom is 1.00 e. The van der Waals surface area contributed by atoms with Gasteiger partial charge in [-0.1, -0.05) is 18.2 Å². The monoisotopic (exact) mass is 223 g/mol. The van der Waals surface area contributed by atoms with Gasteiger partial charge in [0.05, 0.1) is 0 Å². The molecule has 2 N–H and O–H groups in total. The summed E-state index contributed by atoms with van der Waals surface area (Å²) in [6, 6.07) is 7.67. The Morgan fingerprint density at radius 1 is 1.36 bits per heavy atom. The molecule has 0 saturated heterocycles. The first-order valence-electron chi connectivity index (χ1n) is 3.38. The average molecular weight is 223 g/mol. The first kappa shape index (κ1) is 13.7. The molecule has 70 valence electrons. The van der Waals surface area contributed by atoms with Crippen LogP contribution < -0.4 is 44.7 Å². The van der Waals surface area contributed by atoms with Crippen LogP contribution in [-0.4, -0.2) is 5.65 Å². The maximum atomic E-state index is 10.8. The van der Waals surface area contributed by atoms with Crippen LogP contribution in [0.4, 0.5) is 4.79 Å². The molecule has 5 nitrogen and oxygen atoms in total. The molecule has 1 unspecified atom stereocenters. The average Bonchev–Trinajstić information content (AvgIpc) is 2.05. The molecule has 14 heavy (non-hydrogen) atoms. The maximum absolute atomic E-state index is 10.8. The van der Waals surface area contributed by atoms with E-state index in [0.717, 1.165) is 0 Å². The molecule has 1 rings (SSSR count). The number of para-hydroxylation sites is 1. The minimum absolute atomic E-state index is 0. The Balaban J connectivity index is 0.00000169. The molecule has 7 heteroatoms. The molecule has 0 spiro atoms. The normalized spacial score (nSPS) is 13.5. The van der Waals surface area contributed by atoms with Crippen LogP contribution in [0.3, 0.4) is 0 Å². The van der Waals surface area contributed by atoms with Crippen LogP contribution in [0.5, 0.6) is 5.75 Å². The largest absolute Gasteiger partial charge is 1.00 e. The molecule has 1 atom stereocenters. The van der Waals surface area contributed by atoms with Crippen LogP contribution in [-0.2, 0) is 4.57 Å². The second-order valence-corrected chi connectivity index (χ2v) is 3.86. The van der Waals surface area contributed by atoms with Crippen LogP contribution in [0.25, 0.3) is 0 Å². The van der Waals surface area contributed by atoms with E-state index in [-0.39, 0.29) is 35.3 Å². The van der Waals surface area contributed by atoms with Crippen molar-refractivity contribution in [1.29, 1.82) is 0 Å². The molecule has 1 aromatic rings. The molecule has 0 aliphatic carbocycles. The summed E-state index contributed by atoms with van der Waals surface area (Å²) in [5, 5.41) is 0. The molecule has 0 heterocycles. The molecule has 0 bridgehead atoms. The number of nitrogens with two attached hydrogens (primary N) is 1. The molecule has 0 aliphatic heterocycles. The summed E-state index contributed by atoms with van der Waals surface area (Å²) < 4.78 is 15.2. The first-order chi connectivity index (χ1) is 6.02. The minimum atomic E-state index is -4.60. The Bertz CT molecular complexity index is 356. The van der Waals surface area contributed by atoms with Gasteiger partial charge in [0.2, 0.25) is 0 Å². The van der Waals surface area contributed by atoms with Crippen LogP contribution in [0, 0.1) is 0 Å². The summed E-state index contributed by atoms with van der Waals surface area (Å²) >= 11 is 0. The number of carbonyl (C=O) groups is 1. The van der Waals surface area contributed by atoms with E-state index in [0.29, 0.717) is 0 Å². The SMILES string of the molecule is NC(=O)P(=O)([O-])Oc1ccccc1.[Na+]. The third-order valence-electron chi connectivity index (χ3n) is 1.24. The summed E-state index contributed by atoms with van der Waals surface area (Å²) in [6.07, 6.45) is 0. The zero-order valence-corrected chi connectivity index (χ0v) is 10.4. The quantitative estimate of drug-likeness (QED) is 0.460. The fourth-order valence-corrected chi connectivity index (χ4v) is 1.15. The van der Waals surface area contributed by atoms with Gasteiger partial charge in [0.1, 0.15) is 5.75 Å². The standard InChI is InChI=1S/C7H8NO4P.Na/c8-7(9)13(10,11)12-6-4-2-1-3-5-6;/h1-5H,(H2,8,9)(H,10,11);/q;+1/p-1. The van der Waals surface area contributed by atoms with E-state index < -0.39 is 13.2 Å². The number of primary amides is 1. The van der Waals surface area contributed by atoms with Gasteiger partial charge in [0, 0.05) is 0 Å².